The van der Waals surface area contributed by atoms with Gasteiger partial charge in [-0.1, -0.05) is 37.9 Å². The highest BCUT2D eigenvalue weighted by molar-refractivity contribution is 9.11. The number of nitrogens with two attached hydrogens (primary N) is 1. The van der Waals surface area contributed by atoms with Crippen molar-refractivity contribution >= 4 is 31.9 Å². The van der Waals surface area contributed by atoms with E-state index in [9.17, 15) is 0 Å². The second-order valence-electron chi connectivity index (χ2n) is 3.27. The molecule has 1 heterocycles. The van der Waals surface area contributed by atoms with Gasteiger partial charge >= 0.3 is 0 Å². The van der Waals surface area contributed by atoms with E-state index in [1.54, 1.807) is 18.6 Å². The Kier molecular flexibility index (Phi) is 3.68. The summed E-state index contributed by atoms with van der Waals surface area (Å²) in [7, 11) is 0. The lowest BCUT2D eigenvalue weighted by Crippen LogP contribution is -2.14. The van der Waals surface area contributed by atoms with E-state index >= 15 is 0 Å². The molecule has 1 aromatic carbocycles. The topological polar surface area (TPSA) is 51.8 Å². The van der Waals surface area contributed by atoms with Crippen molar-refractivity contribution < 1.29 is 0 Å². The molecule has 3 nitrogen and oxygen atoms in total. The number of halogens is 2. The van der Waals surface area contributed by atoms with E-state index in [0.717, 1.165) is 20.2 Å². The second kappa shape index (κ2) is 5.03. The molecular formula is C11H9Br2N3. The number of aromatic nitrogens is 2. The normalized spacial score (nSPS) is 12.4. The highest BCUT2D eigenvalue weighted by atomic mass is 79.9. The number of hydrogen-bond acceptors (Lipinski definition) is 3. The fourth-order valence-corrected chi connectivity index (χ4v) is 2.68. The summed E-state index contributed by atoms with van der Waals surface area (Å²) >= 11 is 6.89. The van der Waals surface area contributed by atoms with Crippen LogP contribution in [-0.2, 0) is 0 Å². The quantitative estimate of drug-likeness (QED) is 0.912. The summed E-state index contributed by atoms with van der Waals surface area (Å²) in [5.74, 6) is 0. The average molecular weight is 343 g/mol. The maximum Gasteiger partial charge on any atom is 0.0799 e. The van der Waals surface area contributed by atoms with Gasteiger partial charge in [0.1, 0.15) is 0 Å². The smallest absolute Gasteiger partial charge is 0.0799 e. The summed E-state index contributed by atoms with van der Waals surface area (Å²) < 4.78 is 1.97. The monoisotopic (exact) mass is 341 g/mol. The third kappa shape index (κ3) is 2.48. The van der Waals surface area contributed by atoms with Crippen molar-refractivity contribution in [1.29, 1.82) is 0 Å². The van der Waals surface area contributed by atoms with Gasteiger partial charge in [0.15, 0.2) is 0 Å². The van der Waals surface area contributed by atoms with Crippen molar-refractivity contribution in [2.24, 2.45) is 5.73 Å². The number of hydrogen-bond donors (Lipinski definition) is 1. The van der Waals surface area contributed by atoms with Gasteiger partial charge in [0.2, 0.25) is 0 Å². The van der Waals surface area contributed by atoms with Gasteiger partial charge in [-0.05, 0) is 17.7 Å². The maximum absolute atomic E-state index is 6.12. The van der Waals surface area contributed by atoms with Crippen molar-refractivity contribution in [3.8, 4) is 0 Å². The molecule has 0 aliphatic carbocycles. The summed E-state index contributed by atoms with van der Waals surface area (Å²) in [4.78, 5) is 8.21. The van der Waals surface area contributed by atoms with Crippen molar-refractivity contribution in [2.45, 2.75) is 6.04 Å². The molecule has 2 aromatic rings. The molecule has 0 fully saturated rings. The molecule has 0 bridgehead atoms. The van der Waals surface area contributed by atoms with Crippen LogP contribution in [0.4, 0.5) is 0 Å². The minimum atomic E-state index is -0.267. The van der Waals surface area contributed by atoms with Crippen molar-refractivity contribution in [1.82, 2.24) is 9.97 Å². The predicted molar refractivity (Wildman–Crippen MR) is 69.9 cm³/mol. The van der Waals surface area contributed by atoms with Crippen LogP contribution in [0.3, 0.4) is 0 Å². The fraction of sp³-hybridized carbons (Fsp3) is 0.0909. The Labute approximate surface area is 110 Å². The van der Waals surface area contributed by atoms with Gasteiger partial charge in [-0.15, -0.1) is 0 Å². The Hall–Kier alpha value is -0.780. The SMILES string of the molecule is NC(c1cnccn1)c1ccc(Br)cc1Br. The molecule has 0 aliphatic rings. The van der Waals surface area contributed by atoms with Crippen LogP contribution in [0.2, 0.25) is 0 Å². The van der Waals surface area contributed by atoms with E-state index in [-0.39, 0.29) is 6.04 Å². The number of benzene rings is 1. The molecule has 0 amide bonds. The minimum Gasteiger partial charge on any atom is -0.319 e. The Bertz CT molecular complexity index is 488. The summed E-state index contributed by atoms with van der Waals surface area (Å²) in [5, 5.41) is 0. The van der Waals surface area contributed by atoms with Crippen molar-refractivity contribution in [2.75, 3.05) is 0 Å². The molecule has 16 heavy (non-hydrogen) atoms. The van der Waals surface area contributed by atoms with E-state index in [1.165, 1.54) is 0 Å². The van der Waals surface area contributed by atoms with Crippen LogP contribution in [0, 0.1) is 0 Å². The van der Waals surface area contributed by atoms with Crippen LogP contribution >= 0.6 is 31.9 Å². The Morgan fingerprint density at radius 2 is 2.00 bits per heavy atom. The van der Waals surface area contributed by atoms with Crippen LogP contribution in [0.5, 0.6) is 0 Å². The van der Waals surface area contributed by atoms with Gasteiger partial charge in [0.05, 0.1) is 17.9 Å². The van der Waals surface area contributed by atoms with E-state index in [1.807, 2.05) is 18.2 Å². The molecule has 1 unspecified atom stereocenters. The Balaban J connectivity index is 2.38. The van der Waals surface area contributed by atoms with E-state index in [2.05, 4.69) is 41.8 Å². The maximum atomic E-state index is 6.12. The zero-order valence-electron chi connectivity index (χ0n) is 8.27. The molecule has 0 saturated heterocycles. The van der Waals surface area contributed by atoms with Crippen LogP contribution in [-0.4, -0.2) is 9.97 Å². The molecule has 2 rings (SSSR count). The van der Waals surface area contributed by atoms with Crippen molar-refractivity contribution in [3.63, 3.8) is 0 Å². The molecule has 2 N–H and O–H groups in total. The molecular weight excluding hydrogens is 334 g/mol. The molecule has 0 aliphatic heterocycles. The first-order chi connectivity index (χ1) is 7.68. The first kappa shape index (κ1) is 11.7. The fourth-order valence-electron chi connectivity index (χ4n) is 1.38. The second-order valence-corrected chi connectivity index (χ2v) is 5.04. The standard InChI is InChI=1S/C11H9Br2N3/c12-7-1-2-8(9(13)5-7)11(14)10-6-15-3-4-16-10/h1-6,11H,14H2. The van der Waals surface area contributed by atoms with E-state index in [4.69, 9.17) is 5.73 Å². The van der Waals surface area contributed by atoms with Crippen LogP contribution in [0.25, 0.3) is 0 Å². The lowest BCUT2D eigenvalue weighted by Gasteiger charge is -2.13. The summed E-state index contributed by atoms with van der Waals surface area (Å²) in [6.45, 7) is 0. The first-order valence-electron chi connectivity index (χ1n) is 4.65. The molecule has 0 radical (unpaired) electrons. The number of rotatable bonds is 2. The molecule has 1 aromatic heterocycles. The van der Waals surface area contributed by atoms with Crippen LogP contribution in [0.15, 0.2) is 45.7 Å². The number of nitrogens with zero attached hydrogens (tertiary/aromatic N) is 2. The highest BCUT2D eigenvalue weighted by Gasteiger charge is 2.13. The predicted octanol–water partition coefficient (Wildman–Crippen LogP) is 3.05. The Morgan fingerprint density at radius 1 is 1.19 bits per heavy atom. The molecule has 1 atom stereocenters. The summed E-state index contributed by atoms with van der Waals surface area (Å²) in [6, 6.07) is 5.62. The summed E-state index contributed by atoms with van der Waals surface area (Å²) in [5.41, 5.74) is 7.86. The van der Waals surface area contributed by atoms with E-state index in [0.29, 0.717) is 0 Å². The molecule has 0 spiro atoms. The van der Waals surface area contributed by atoms with Gasteiger partial charge < -0.3 is 5.73 Å². The lowest BCUT2D eigenvalue weighted by atomic mass is 10.1. The zero-order chi connectivity index (χ0) is 11.5. The largest absolute Gasteiger partial charge is 0.319 e. The average Bonchev–Trinajstić information content (AvgIpc) is 2.29. The van der Waals surface area contributed by atoms with Gasteiger partial charge in [-0.25, -0.2) is 0 Å². The third-order valence-corrected chi connectivity index (χ3v) is 3.38. The first-order valence-corrected chi connectivity index (χ1v) is 6.23. The molecule has 0 saturated carbocycles. The van der Waals surface area contributed by atoms with Crippen molar-refractivity contribution in [3.05, 3.63) is 57.0 Å². The van der Waals surface area contributed by atoms with E-state index < -0.39 is 0 Å². The summed E-state index contributed by atoms with van der Waals surface area (Å²) in [6.07, 6.45) is 4.95. The molecule has 82 valence electrons. The highest BCUT2D eigenvalue weighted by Crippen LogP contribution is 2.28. The van der Waals surface area contributed by atoms with Gasteiger partial charge in [0, 0.05) is 21.3 Å². The zero-order valence-corrected chi connectivity index (χ0v) is 11.4. The van der Waals surface area contributed by atoms with Crippen LogP contribution in [0.1, 0.15) is 17.3 Å². The van der Waals surface area contributed by atoms with Gasteiger partial charge in [-0.2, -0.15) is 0 Å². The minimum absolute atomic E-state index is 0.267. The van der Waals surface area contributed by atoms with Gasteiger partial charge in [0.25, 0.3) is 0 Å². The molecule has 5 heteroatoms. The van der Waals surface area contributed by atoms with Crippen LogP contribution < -0.4 is 5.73 Å². The lowest BCUT2D eigenvalue weighted by molar-refractivity contribution is 0.813. The van der Waals surface area contributed by atoms with Gasteiger partial charge in [-0.3, -0.25) is 9.97 Å². The Morgan fingerprint density at radius 3 is 2.62 bits per heavy atom. The third-order valence-electron chi connectivity index (χ3n) is 2.20.